The number of hydrogen-bond donors (Lipinski definition) is 1. The molecule has 0 spiro atoms. The normalized spacial score (nSPS) is 28.3. The van der Waals surface area contributed by atoms with E-state index in [1.807, 2.05) is 0 Å². The summed E-state index contributed by atoms with van der Waals surface area (Å²) >= 11 is 0. The Morgan fingerprint density at radius 1 is 1.25 bits per heavy atom. The minimum atomic E-state index is -0.0364. The van der Waals surface area contributed by atoms with Gasteiger partial charge in [-0.25, -0.2) is 0 Å². The van der Waals surface area contributed by atoms with Gasteiger partial charge < -0.3 is 10.1 Å². The quantitative estimate of drug-likeness (QED) is 0.868. The highest BCUT2D eigenvalue weighted by Crippen LogP contribution is 2.43. The van der Waals surface area contributed by atoms with Crippen LogP contribution in [0.1, 0.15) is 56.7 Å². The van der Waals surface area contributed by atoms with Gasteiger partial charge in [-0.15, -0.1) is 0 Å². The Balaban J connectivity index is 2.27. The summed E-state index contributed by atoms with van der Waals surface area (Å²) in [5.41, 5.74) is 2.62. The molecule has 0 radical (unpaired) electrons. The van der Waals surface area contributed by atoms with E-state index < -0.39 is 0 Å². The van der Waals surface area contributed by atoms with E-state index in [-0.39, 0.29) is 11.6 Å². The second kappa shape index (κ2) is 6.73. The molecule has 1 aliphatic rings. The molecule has 112 valence electrons. The molecule has 0 aromatic heterocycles. The van der Waals surface area contributed by atoms with Crippen molar-refractivity contribution < 1.29 is 4.74 Å². The van der Waals surface area contributed by atoms with Gasteiger partial charge in [0.15, 0.2) is 0 Å². The van der Waals surface area contributed by atoms with Gasteiger partial charge >= 0.3 is 0 Å². The molecule has 1 atom stereocenters. The Kier molecular flexibility index (Phi) is 5.22. The first-order chi connectivity index (χ1) is 9.61. The topological polar surface area (TPSA) is 21.3 Å². The fourth-order valence-corrected chi connectivity index (χ4v) is 3.55. The zero-order valence-electron chi connectivity index (χ0n) is 13.4. The molecule has 1 N–H and O–H groups in total. The van der Waals surface area contributed by atoms with E-state index in [4.69, 9.17) is 4.74 Å². The van der Waals surface area contributed by atoms with Crippen LogP contribution in [0, 0.1) is 12.8 Å². The van der Waals surface area contributed by atoms with Gasteiger partial charge in [0, 0.05) is 6.61 Å². The van der Waals surface area contributed by atoms with E-state index in [0.717, 1.165) is 25.4 Å². The van der Waals surface area contributed by atoms with Gasteiger partial charge in [0.2, 0.25) is 0 Å². The zero-order chi connectivity index (χ0) is 14.6. The maximum absolute atomic E-state index is 6.29. The van der Waals surface area contributed by atoms with E-state index in [2.05, 4.69) is 57.4 Å². The van der Waals surface area contributed by atoms with Crippen molar-refractivity contribution >= 4 is 0 Å². The van der Waals surface area contributed by atoms with E-state index in [1.165, 1.54) is 24.0 Å². The molecule has 2 rings (SSSR count). The van der Waals surface area contributed by atoms with Crippen LogP contribution in [0.5, 0.6) is 0 Å². The van der Waals surface area contributed by atoms with E-state index in [9.17, 15) is 0 Å². The summed E-state index contributed by atoms with van der Waals surface area (Å²) in [5, 5.41) is 3.52. The lowest BCUT2D eigenvalue weighted by atomic mass is 9.73. The molecule has 1 fully saturated rings. The minimum absolute atomic E-state index is 0.0364. The Hall–Kier alpha value is -0.860. The zero-order valence-corrected chi connectivity index (χ0v) is 13.4. The van der Waals surface area contributed by atoms with Crippen molar-refractivity contribution in [2.45, 2.75) is 58.1 Å². The first-order valence-electron chi connectivity index (χ1n) is 7.99. The third kappa shape index (κ3) is 3.24. The van der Waals surface area contributed by atoms with Crippen molar-refractivity contribution in [3.8, 4) is 0 Å². The first-order valence-corrected chi connectivity index (χ1v) is 7.99. The third-order valence-corrected chi connectivity index (χ3v) is 4.78. The van der Waals surface area contributed by atoms with Crippen molar-refractivity contribution in [1.29, 1.82) is 0 Å². The number of rotatable bonds is 5. The maximum atomic E-state index is 6.29. The number of benzene rings is 1. The first kappa shape index (κ1) is 15.5. The van der Waals surface area contributed by atoms with Crippen LogP contribution in [-0.2, 0) is 4.74 Å². The Morgan fingerprint density at radius 3 is 2.35 bits per heavy atom. The summed E-state index contributed by atoms with van der Waals surface area (Å²) in [4.78, 5) is 0. The average Bonchev–Trinajstić information content (AvgIpc) is 2.45. The predicted molar refractivity (Wildman–Crippen MR) is 85.0 cm³/mol. The van der Waals surface area contributed by atoms with Crippen LogP contribution in [0.2, 0.25) is 0 Å². The fraction of sp³-hybridized carbons (Fsp3) is 0.667. The van der Waals surface area contributed by atoms with Crippen LogP contribution in [0.3, 0.4) is 0 Å². The molecular formula is C18H29NO. The number of ether oxygens (including phenoxy) is 1. The van der Waals surface area contributed by atoms with Gasteiger partial charge in [0.25, 0.3) is 0 Å². The number of likely N-dealkylation sites (N-methyl/N-ethyl adjacent to an activating group) is 1. The summed E-state index contributed by atoms with van der Waals surface area (Å²) in [6.45, 7) is 7.40. The van der Waals surface area contributed by atoms with Crippen molar-refractivity contribution in [3.63, 3.8) is 0 Å². The summed E-state index contributed by atoms with van der Waals surface area (Å²) in [7, 11) is 2.06. The van der Waals surface area contributed by atoms with E-state index in [0.29, 0.717) is 0 Å². The third-order valence-electron chi connectivity index (χ3n) is 4.78. The lowest BCUT2D eigenvalue weighted by molar-refractivity contribution is -0.0962. The molecule has 0 bridgehead atoms. The van der Waals surface area contributed by atoms with Gasteiger partial charge in [-0.1, -0.05) is 36.8 Å². The smallest absolute Gasteiger partial charge is 0.0876 e. The fourth-order valence-electron chi connectivity index (χ4n) is 3.55. The molecule has 0 aliphatic heterocycles. The predicted octanol–water partition coefficient (Wildman–Crippen LogP) is 4.24. The van der Waals surface area contributed by atoms with Crippen LogP contribution < -0.4 is 5.32 Å². The molecule has 1 aromatic carbocycles. The van der Waals surface area contributed by atoms with E-state index >= 15 is 0 Å². The van der Waals surface area contributed by atoms with Gasteiger partial charge in [0.05, 0.1) is 11.6 Å². The highest BCUT2D eigenvalue weighted by molar-refractivity contribution is 5.26. The molecule has 0 saturated heterocycles. The molecule has 1 aromatic rings. The van der Waals surface area contributed by atoms with Gasteiger partial charge in [0.1, 0.15) is 0 Å². The SMILES string of the molecule is CCOC1(C(NC)c2ccc(C)cc2)CCC(C)CC1. The maximum Gasteiger partial charge on any atom is 0.0876 e. The molecule has 1 aliphatic carbocycles. The molecule has 20 heavy (non-hydrogen) atoms. The molecule has 2 heteroatoms. The second-order valence-electron chi connectivity index (χ2n) is 6.31. The average molecular weight is 275 g/mol. The van der Waals surface area contributed by atoms with Crippen LogP contribution in [-0.4, -0.2) is 19.3 Å². The minimum Gasteiger partial charge on any atom is -0.373 e. The van der Waals surface area contributed by atoms with E-state index in [1.54, 1.807) is 0 Å². The summed E-state index contributed by atoms with van der Waals surface area (Å²) in [5.74, 6) is 0.833. The lowest BCUT2D eigenvalue weighted by Crippen LogP contribution is -2.47. The van der Waals surface area contributed by atoms with Crippen LogP contribution >= 0.6 is 0 Å². The second-order valence-corrected chi connectivity index (χ2v) is 6.31. The number of aryl methyl sites for hydroxylation is 1. The van der Waals surface area contributed by atoms with Crippen molar-refractivity contribution in [2.24, 2.45) is 5.92 Å². The number of nitrogens with one attached hydrogen (secondary N) is 1. The number of hydrogen-bond acceptors (Lipinski definition) is 2. The Labute approximate surface area is 123 Å². The Morgan fingerprint density at radius 2 is 1.85 bits per heavy atom. The lowest BCUT2D eigenvalue weighted by Gasteiger charge is -2.45. The van der Waals surface area contributed by atoms with Crippen LogP contribution in [0.4, 0.5) is 0 Å². The molecule has 1 unspecified atom stereocenters. The molecule has 0 amide bonds. The highest BCUT2D eigenvalue weighted by Gasteiger charge is 2.42. The van der Waals surface area contributed by atoms with Crippen molar-refractivity contribution in [3.05, 3.63) is 35.4 Å². The standard InChI is InChI=1S/C18H29NO/c1-5-20-18(12-10-15(3)11-13-18)17(19-4)16-8-6-14(2)7-9-16/h6-9,15,17,19H,5,10-13H2,1-4H3. The Bertz CT molecular complexity index is 404. The van der Waals surface area contributed by atoms with Crippen molar-refractivity contribution in [1.82, 2.24) is 5.32 Å². The largest absolute Gasteiger partial charge is 0.373 e. The highest BCUT2D eigenvalue weighted by atomic mass is 16.5. The summed E-state index contributed by atoms with van der Waals surface area (Å²) in [6, 6.07) is 9.18. The summed E-state index contributed by atoms with van der Waals surface area (Å²) in [6.07, 6.45) is 4.84. The molecular weight excluding hydrogens is 246 g/mol. The monoisotopic (exact) mass is 275 g/mol. The van der Waals surface area contributed by atoms with Crippen LogP contribution in [0.15, 0.2) is 24.3 Å². The molecule has 2 nitrogen and oxygen atoms in total. The summed E-state index contributed by atoms with van der Waals surface area (Å²) < 4.78 is 6.29. The van der Waals surface area contributed by atoms with Gasteiger partial charge in [-0.05, 0) is 58.1 Å². The molecule has 1 saturated carbocycles. The van der Waals surface area contributed by atoms with Gasteiger partial charge in [-0.3, -0.25) is 0 Å². The van der Waals surface area contributed by atoms with Crippen LogP contribution in [0.25, 0.3) is 0 Å². The molecule has 0 heterocycles. The van der Waals surface area contributed by atoms with Crippen molar-refractivity contribution in [2.75, 3.05) is 13.7 Å². The van der Waals surface area contributed by atoms with Gasteiger partial charge in [-0.2, -0.15) is 0 Å².